The summed E-state index contributed by atoms with van der Waals surface area (Å²) in [4.78, 5) is 0. The number of para-hydroxylation sites is 2. The molecular formula is C82H53N. The molecule has 0 aliphatic heterocycles. The molecule has 83 heavy (non-hydrogen) atoms. The van der Waals surface area contributed by atoms with Gasteiger partial charge in [0.05, 0.1) is 21.9 Å². The zero-order valence-electron chi connectivity index (χ0n) is 45.5. The molecule has 386 valence electrons. The summed E-state index contributed by atoms with van der Waals surface area (Å²) in [5.74, 6) is 0. The van der Waals surface area contributed by atoms with E-state index in [1.807, 2.05) is 0 Å². The zero-order chi connectivity index (χ0) is 54.6. The van der Waals surface area contributed by atoms with E-state index in [0.717, 1.165) is 5.69 Å². The molecule has 0 spiro atoms. The predicted octanol–water partition coefficient (Wildman–Crippen LogP) is 20.8. The molecule has 0 radical (unpaired) electrons. The third kappa shape index (κ3) is 6.77. The van der Waals surface area contributed by atoms with Crippen molar-refractivity contribution >= 4 is 43.4 Å². The minimum absolute atomic E-state index is 0.541. The highest BCUT2D eigenvalue weighted by Gasteiger charge is 2.48. The largest absolute Gasteiger partial charge is 0.309 e. The fourth-order valence-corrected chi connectivity index (χ4v) is 15.2. The Balaban J connectivity index is 0.934. The van der Waals surface area contributed by atoms with Crippen LogP contribution >= 0.6 is 0 Å². The molecule has 1 aromatic heterocycles. The van der Waals surface area contributed by atoms with Crippen molar-refractivity contribution in [3.63, 3.8) is 0 Å². The molecule has 1 heteroatoms. The number of nitrogens with zero attached hydrogens (tertiary/aromatic N) is 1. The molecule has 0 bridgehead atoms. The van der Waals surface area contributed by atoms with Crippen LogP contribution in [-0.4, -0.2) is 4.57 Å². The number of hydrogen-bond acceptors (Lipinski definition) is 0. The summed E-state index contributed by atoms with van der Waals surface area (Å²) in [5.41, 5.74) is 25.0. The average Bonchev–Trinajstić information content (AvgIpc) is 2.05. The Labute approximate surface area is 483 Å². The molecule has 17 rings (SSSR count). The van der Waals surface area contributed by atoms with E-state index in [9.17, 15) is 0 Å². The molecule has 2 aliphatic carbocycles. The Morgan fingerprint density at radius 2 is 0.542 bits per heavy atom. The van der Waals surface area contributed by atoms with Gasteiger partial charge >= 0.3 is 0 Å². The Kier molecular flexibility index (Phi) is 10.5. The Bertz CT molecular complexity index is 4920. The molecule has 1 nitrogen and oxygen atoms in total. The number of fused-ring (bicyclic) bond motifs is 11. The van der Waals surface area contributed by atoms with Crippen LogP contribution in [0, 0.1) is 0 Å². The van der Waals surface area contributed by atoms with Gasteiger partial charge in [0.2, 0.25) is 0 Å². The lowest BCUT2D eigenvalue weighted by atomic mass is 9.67. The molecule has 0 saturated carbocycles. The van der Waals surface area contributed by atoms with Crippen molar-refractivity contribution < 1.29 is 0 Å². The first-order valence-corrected chi connectivity index (χ1v) is 29.0. The standard InChI is InChI=1S/C82H53N/c1-5-23-58(24-6-1)81(59-25-7-2-8-26-59)73-37-19-15-31-63(73)65-48-44-56(52-75(65)81)79-69-35-13-14-36-70(69)80(57-45-49-66-64-32-16-20-38-74(64)82(76(66)53-57,60-27-9-3-10-28-60)61-29-11-4-12-30-61)72-51-55(43-50-71(72)79)54-41-46-62(47-42-54)83-77-39-21-17-33-67(77)68-34-18-22-40-78(68)83/h1-53H. The van der Waals surface area contributed by atoms with Gasteiger partial charge in [0.1, 0.15) is 0 Å². The van der Waals surface area contributed by atoms with Crippen molar-refractivity contribution in [3.8, 4) is 61.3 Å². The molecule has 0 atom stereocenters. The second-order valence-electron chi connectivity index (χ2n) is 22.5. The van der Waals surface area contributed by atoms with Crippen LogP contribution in [0.25, 0.3) is 105 Å². The fraction of sp³-hybridized carbons (Fsp3) is 0.0244. The second-order valence-corrected chi connectivity index (χ2v) is 22.5. The maximum absolute atomic E-state index is 2.55. The summed E-state index contributed by atoms with van der Waals surface area (Å²) in [6.45, 7) is 0. The van der Waals surface area contributed by atoms with Crippen LogP contribution in [0.2, 0.25) is 0 Å². The lowest BCUT2D eigenvalue weighted by Crippen LogP contribution is -2.28. The summed E-state index contributed by atoms with van der Waals surface area (Å²) in [7, 11) is 0. The van der Waals surface area contributed by atoms with Gasteiger partial charge < -0.3 is 4.57 Å². The van der Waals surface area contributed by atoms with Crippen molar-refractivity contribution in [1.82, 2.24) is 4.57 Å². The highest BCUT2D eigenvalue weighted by molar-refractivity contribution is 6.22. The van der Waals surface area contributed by atoms with Gasteiger partial charge in [-0.3, -0.25) is 0 Å². The zero-order valence-corrected chi connectivity index (χ0v) is 45.5. The second kappa shape index (κ2) is 18.5. The van der Waals surface area contributed by atoms with Gasteiger partial charge in [-0.1, -0.05) is 279 Å². The van der Waals surface area contributed by atoms with E-state index in [1.54, 1.807) is 0 Å². The summed E-state index contributed by atoms with van der Waals surface area (Å²) < 4.78 is 2.40. The van der Waals surface area contributed by atoms with Crippen molar-refractivity contribution in [2.45, 2.75) is 10.8 Å². The molecule has 0 amide bonds. The van der Waals surface area contributed by atoms with E-state index in [2.05, 4.69) is 326 Å². The number of aromatic nitrogens is 1. The Morgan fingerprint density at radius 3 is 1.00 bits per heavy atom. The topological polar surface area (TPSA) is 4.93 Å². The van der Waals surface area contributed by atoms with Crippen molar-refractivity contribution in [1.29, 1.82) is 0 Å². The van der Waals surface area contributed by atoms with Gasteiger partial charge in [0, 0.05) is 16.5 Å². The van der Waals surface area contributed by atoms with E-state index in [0.29, 0.717) is 0 Å². The first-order valence-electron chi connectivity index (χ1n) is 29.0. The highest BCUT2D eigenvalue weighted by Crippen LogP contribution is 2.60. The molecule has 15 aromatic rings. The molecule has 0 N–H and O–H groups in total. The van der Waals surface area contributed by atoms with Gasteiger partial charge in [0.15, 0.2) is 0 Å². The molecule has 2 aliphatic rings. The molecular weight excluding hydrogens is 999 g/mol. The number of benzene rings is 14. The molecule has 0 fully saturated rings. The molecule has 0 unspecified atom stereocenters. The first kappa shape index (κ1) is 47.2. The number of rotatable bonds is 8. The minimum atomic E-state index is -0.550. The Morgan fingerprint density at radius 1 is 0.205 bits per heavy atom. The predicted molar refractivity (Wildman–Crippen MR) is 347 cm³/mol. The van der Waals surface area contributed by atoms with Gasteiger partial charge in [-0.05, 0) is 164 Å². The number of hydrogen-bond donors (Lipinski definition) is 0. The summed E-state index contributed by atoms with van der Waals surface area (Å²) >= 11 is 0. The maximum Gasteiger partial charge on any atom is 0.0713 e. The van der Waals surface area contributed by atoms with E-state index >= 15 is 0 Å². The van der Waals surface area contributed by atoms with E-state index in [-0.39, 0.29) is 0 Å². The van der Waals surface area contributed by atoms with Crippen LogP contribution in [0.4, 0.5) is 0 Å². The van der Waals surface area contributed by atoms with Crippen LogP contribution in [0.15, 0.2) is 322 Å². The van der Waals surface area contributed by atoms with Crippen LogP contribution in [-0.2, 0) is 10.8 Å². The van der Waals surface area contributed by atoms with E-state index < -0.39 is 10.8 Å². The van der Waals surface area contributed by atoms with Gasteiger partial charge in [-0.15, -0.1) is 0 Å². The van der Waals surface area contributed by atoms with Crippen LogP contribution in [0.5, 0.6) is 0 Å². The Hall–Kier alpha value is -10.6. The smallest absolute Gasteiger partial charge is 0.0713 e. The van der Waals surface area contributed by atoms with Crippen molar-refractivity contribution in [2.24, 2.45) is 0 Å². The third-order valence-electron chi connectivity index (χ3n) is 18.6. The molecule has 1 heterocycles. The van der Waals surface area contributed by atoms with E-state index in [4.69, 9.17) is 0 Å². The quantitative estimate of drug-likeness (QED) is 0.134. The normalized spacial score (nSPS) is 13.5. The lowest BCUT2D eigenvalue weighted by Gasteiger charge is -2.34. The third-order valence-corrected chi connectivity index (χ3v) is 18.6. The van der Waals surface area contributed by atoms with Crippen LogP contribution in [0.3, 0.4) is 0 Å². The average molecular weight is 1050 g/mol. The molecule has 14 aromatic carbocycles. The van der Waals surface area contributed by atoms with Crippen molar-refractivity contribution in [2.75, 3.05) is 0 Å². The fourth-order valence-electron chi connectivity index (χ4n) is 15.2. The highest BCUT2D eigenvalue weighted by atomic mass is 15.0. The van der Waals surface area contributed by atoms with Crippen LogP contribution < -0.4 is 0 Å². The van der Waals surface area contributed by atoms with Gasteiger partial charge in [0.25, 0.3) is 0 Å². The van der Waals surface area contributed by atoms with Crippen molar-refractivity contribution in [3.05, 3.63) is 366 Å². The van der Waals surface area contributed by atoms with E-state index in [1.165, 1.54) is 143 Å². The summed E-state index contributed by atoms with van der Waals surface area (Å²) in [6.07, 6.45) is 0. The van der Waals surface area contributed by atoms with Gasteiger partial charge in [-0.25, -0.2) is 0 Å². The monoisotopic (exact) mass is 1050 g/mol. The first-order chi connectivity index (χ1) is 41.2. The molecule has 0 saturated heterocycles. The minimum Gasteiger partial charge on any atom is -0.309 e. The lowest BCUT2D eigenvalue weighted by molar-refractivity contribution is 0.769. The SMILES string of the molecule is c1ccc(C2(c3ccccc3)c3ccccc3-c3ccc(-c4c5ccccc5c(-c5ccc6c(c5)C(c5ccccc5)(c5ccccc5)c5ccccc5-6)c5cc(-c6ccc(-n7c8ccccc8c8ccccc87)cc6)ccc45)cc32)cc1. The maximum atomic E-state index is 2.55. The van der Waals surface area contributed by atoms with Gasteiger partial charge in [-0.2, -0.15) is 0 Å². The summed E-state index contributed by atoms with van der Waals surface area (Å²) in [6, 6.07) is 121. The van der Waals surface area contributed by atoms with Crippen LogP contribution in [0.1, 0.15) is 44.5 Å². The summed E-state index contributed by atoms with van der Waals surface area (Å²) in [5, 5.41) is 7.39.